The molecule has 4 aromatic rings. The van der Waals surface area contributed by atoms with Gasteiger partial charge in [-0.25, -0.2) is 4.98 Å². The van der Waals surface area contributed by atoms with Crippen molar-refractivity contribution in [3.63, 3.8) is 0 Å². The number of imidazole rings is 1. The predicted octanol–water partition coefficient (Wildman–Crippen LogP) is 4.46. The molecule has 190 valence electrons. The van der Waals surface area contributed by atoms with Gasteiger partial charge < -0.3 is 19.5 Å². The number of ether oxygens (including phenoxy) is 1. The fourth-order valence-corrected chi connectivity index (χ4v) is 5.46. The van der Waals surface area contributed by atoms with Crippen molar-refractivity contribution in [1.29, 1.82) is 0 Å². The largest absolute Gasteiger partial charge is 0.461 e. The number of hydrogen-bond acceptors (Lipinski definition) is 7. The Bertz CT molecular complexity index is 1420. The third-order valence-electron chi connectivity index (χ3n) is 7.55. The number of likely N-dealkylation sites (N-methyl/N-ethyl adjacent to an activating group) is 1. The first kappa shape index (κ1) is 23.6. The zero-order valence-electron chi connectivity index (χ0n) is 21.4. The summed E-state index contributed by atoms with van der Waals surface area (Å²) in [5.41, 5.74) is 6.66. The van der Waals surface area contributed by atoms with Crippen molar-refractivity contribution in [3.8, 4) is 22.6 Å². The van der Waals surface area contributed by atoms with Crippen LogP contribution in [0.2, 0.25) is 0 Å². The lowest BCUT2D eigenvalue weighted by atomic mass is 9.96. The van der Waals surface area contributed by atoms with Crippen molar-refractivity contribution in [2.45, 2.75) is 32.3 Å². The highest BCUT2D eigenvalue weighted by molar-refractivity contribution is 5.88. The summed E-state index contributed by atoms with van der Waals surface area (Å²) in [6, 6.07) is 14.4. The van der Waals surface area contributed by atoms with Gasteiger partial charge in [-0.15, -0.1) is 0 Å². The second-order valence-corrected chi connectivity index (χ2v) is 10.3. The number of benzene rings is 1. The third kappa shape index (κ3) is 4.93. The summed E-state index contributed by atoms with van der Waals surface area (Å²) >= 11 is 0. The van der Waals surface area contributed by atoms with Gasteiger partial charge in [0.1, 0.15) is 6.10 Å². The number of H-pyrrole nitrogens is 1. The van der Waals surface area contributed by atoms with E-state index in [4.69, 9.17) is 9.72 Å². The first-order chi connectivity index (χ1) is 18.0. The van der Waals surface area contributed by atoms with Gasteiger partial charge in [-0.3, -0.25) is 14.8 Å². The molecule has 0 aliphatic carbocycles. The minimum absolute atomic E-state index is 0.0181. The van der Waals surface area contributed by atoms with E-state index in [0.717, 1.165) is 90.4 Å². The molecule has 0 saturated carbocycles. The van der Waals surface area contributed by atoms with E-state index < -0.39 is 0 Å². The molecule has 2 aliphatic heterocycles. The Morgan fingerprint density at radius 1 is 1.05 bits per heavy atom. The minimum Gasteiger partial charge on any atom is -0.461 e. The Labute approximate surface area is 216 Å². The molecule has 1 aromatic carbocycles. The average molecular weight is 497 g/mol. The topological polar surface area (TPSA) is 87.2 Å². The van der Waals surface area contributed by atoms with Crippen LogP contribution in [0.15, 0.2) is 55.0 Å². The quantitative estimate of drug-likeness (QED) is 0.408. The molecule has 1 N–H and O–H groups in total. The SMILES string of the molecule is Cc1cccc(-c2[nH]cnc2-c2ccc3ncc(N4CCC(C(=O)O[C@@H]5CCN(C)C5)CC4)cc3c2)n1. The molecule has 0 radical (unpaired) electrons. The number of carbonyl (C=O) groups excluding carboxylic acids is 1. The number of aromatic nitrogens is 4. The molecule has 0 bridgehead atoms. The molecule has 8 heteroatoms. The van der Waals surface area contributed by atoms with Crippen molar-refractivity contribution < 1.29 is 9.53 Å². The fourth-order valence-electron chi connectivity index (χ4n) is 5.46. The van der Waals surface area contributed by atoms with Crippen molar-refractivity contribution in [2.75, 3.05) is 38.1 Å². The third-order valence-corrected chi connectivity index (χ3v) is 7.55. The smallest absolute Gasteiger partial charge is 0.309 e. The number of hydrogen-bond donors (Lipinski definition) is 1. The maximum atomic E-state index is 12.7. The van der Waals surface area contributed by atoms with E-state index in [1.54, 1.807) is 6.33 Å². The molecule has 8 nitrogen and oxygen atoms in total. The van der Waals surface area contributed by atoms with Gasteiger partial charge in [-0.2, -0.15) is 0 Å². The van der Waals surface area contributed by atoms with Crippen LogP contribution in [0.25, 0.3) is 33.5 Å². The summed E-state index contributed by atoms with van der Waals surface area (Å²) in [5, 5.41) is 1.06. The van der Waals surface area contributed by atoms with E-state index in [2.05, 4.69) is 50.0 Å². The van der Waals surface area contributed by atoms with Crippen molar-refractivity contribution in [1.82, 2.24) is 24.8 Å². The normalized spacial score (nSPS) is 19.0. The van der Waals surface area contributed by atoms with Crippen LogP contribution in [0.5, 0.6) is 0 Å². The number of carbonyl (C=O) groups is 1. The number of piperidine rings is 1. The molecule has 6 rings (SSSR count). The van der Waals surface area contributed by atoms with Crippen molar-refractivity contribution in [2.24, 2.45) is 5.92 Å². The number of nitrogens with one attached hydrogen (secondary N) is 1. The van der Waals surface area contributed by atoms with E-state index in [-0.39, 0.29) is 18.0 Å². The number of rotatable bonds is 5. The monoisotopic (exact) mass is 496 g/mol. The second kappa shape index (κ2) is 9.94. The summed E-state index contributed by atoms with van der Waals surface area (Å²) < 4.78 is 5.79. The lowest BCUT2D eigenvalue weighted by Gasteiger charge is -2.33. The van der Waals surface area contributed by atoms with Crippen LogP contribution in [0.4, 0.5) is 5.69 Å². The summed E-state index contributed by atoms with van der Waals surface area (Å²) in [6.07, 6.45) is 6.25. The van der Waals surface area contributed by atoms with Gasteiger partial charge in [0.25, 0.3) is 0 Å². The predicted molar refractivity (Wildman–Crippen MR) is 144 cm³/mol. The average Bonchev–Trinajstić information content (AvgIpc) is 3.57. The molecule has 1 atom stereocenters. The Morgan fingerprint density at radius 2 is 1.92 bits per heavy atom. The molecule has 3 aromatic heterocycles. The molecule has 5 heterocycles. The molecule has 0 unspecified atom stereocenters. The van der Waals surface area contributed by atoms with E-state index in [1.165, 1.54) is 0 Å². The summed E-state index contributed by atoms with van der Waals surface area (Å²) in [4.78, 5) is 34.5. The number of aryl methyl sites for hydroxylation is 1. The molecule has 2 fully saturated rings. The van der Waals surface area contributed by atoms with E-state index in [9.17, 15) is 4.79 Å². The molecule has 0 spiro atoms. The van der Waals surface area contributed by atoms with Gasteiger partial charge >= 0.3 is 5.97 Å². The van der Waals surface area contributed by atoms with Crippen LogP contribution >= 0.6 is 0 Å². The Hall–Kier alpha value is -3.78. The molecule has 0 amide bonds. The number of aromatic amines is 1. The van der Waals surface area contributed by atoms with Gasteiger partial charge in [0.2, 0.25) is 0 Å². The zero-order chi connectivity index (χ0) is 25.4. The van der Waals surface area contributed by atoms with E-state index in [0.29, 0.717) is 0 Å². The highest BCUT2D eigenvalue weighted by Crippen LogP contribution is 2.32. The number of fused-ring (bicyclic) bond motifs is 1. The van der Waals surface area contributed by atoms with Crippen LogP contribution in [0.3, 0.4) is 0 Å². The Kier molecular flexibility index (Phi) is 6.34. The molecule has 37 heavy (non-hydrogen) atoms. The first-order valence-corrected chi connectivity index (χ1v) is 13.0. The highest BCUT2D eigenvalue weighted by Gasteiger charge is 2.30. The van der Waals surface area contributed by atoms with Crippen LogP contribution in [0.1, 0.15) is 25.0 Å². The molecule has 2 saturated heterocycles. The van der Waals surface area contributed by atoms with Crippen LogP contribution in [-0.2, 0) is 9.53 Å². The van der Waals surface area contributed by atoms with Gasteiger partial charge in [0.15, 0.2) is 0 Å². The van der Waals surface area contributed by atoms with Gasteiger partial charge in [0.05, 0.1) is 46.7 Å². The second-order valence-electron chi connectivity index (χ2n) is 10.3. The Balaban J connectivity index is 1.17. The number of likely N-dealkylation sites (tertiary alicyclic amines) is 1. The molecular formula is C29H32N6O2. The van der Waals surface area contributed by atoms with E-state index >= 15 is 0 Å². The zero-order valence-corrected chi connectivity index (χ0v) is 21.4. The Morgan fingerprint density at radius 3 is 2.70 bits per heavy atom. The summed E-state index contributed by atoms with van der Waals surface area (Å²) in [6.45, 7) is 5.47. The van der Waals surface area contributed by atoms with Crippen LogP contribution in [0, 0.1) is 12.8 Å². The number of anilines is 1. The van der Waals surface area contributed by atoms with Gasteiger partial charge in [-0.1, -0.05) is 12.1 Å². The summed E-state index contributed by atoms with van der Waals surface area (Å²) in [7, 11) is 2.07. The maximum absolute atomic E-state index is 12.7. The maximum Gasteiger partial charge on any atom is 0.309 e. The number of pyridine rings is 2. The number of esters is 1. The van der Waals surface area contributed by atoms with Crippen LogP contribution < -0.4 is 4.90 Å². The van der Waals surface area contributed by atoms with Gasteiger partial charge in [0, 0.05) is 42.8 Å². The summed E-state index contributed by atoms with van der Waals surface area (Å²) in [5.74, 6) is -0.0466. The molecule has 2 aliphatic rings. The fraction of sp³-hybridized carbons (Fsp3) is 0.379. The van der Waals surface area contributed by atoms with Crippen molar-refractivity contribution >= 4 is 22.6 Å². The molecular weight excluding hydrogens is 464 g/mol. The number of nitrogens with zero attached hydrogens (tertiary/aromatic N) is 5. The van der Waals surface area contributed by atoms with Gasteiger partial charge in [-0.05, 0) is 63.6 Å². The lowest BCUT2D eigenvalue weighted by Crippen LogP contribution is -2.38. The standard InChI is InChI=1S/C29H32N6O2/c1-19-4-3-5-26(33-19)28-27(31-18-32-28)21-6-7-25-22(14-21)15-23(16-30-25)35-12-8-20(9-13-35)29(36)37-24-10-11-34(2)17-24/h3-7,14-16,18,20,24H,8-13,17H2,1-2H3,(H,31,32)/t24-/m1/s1. The minimum atomic E-state index is -0.0286. The lowest BCUT2D eigenvalue weighted by molar-refractivity contribution is -0.154. The highest BCUT2D eigenvalue weighted by atomic mass is 16.5. The van der Waals surface area contributed by atoms with Crippen LogP contribution in [-0.4, -0.2) is 70.1 Å². The van der Waals surface area contributed by atoms with Crippen molar-refractivity contribution in [3.05, 3.63) is 60.7 Å². The first-order valence-electron chi connectivity index (χ1n) is 13.0. The van der Waals surface area contributed by atoms with E-state index in [1.807, 2.05) is 37.4 Å².